The first-order valence-corrected chi connectivity index (χ1v) is 11.7. The van der Waals surface area contributed by atoms with Crippen LogP contribution in [0.5, 0.6) is 0 Å². The number of aliphatic hydroxyl groups is 1. The molecule has 1 saturated heterocycles. The molecule has 0 aromatic heterocycles. The van der Waals surface area contributed by atoms with Crippen molar-refractivity contribution in [1.29, 1.82) is 0 Å². The van der Waals surface area contributed by atoms with Crippen molar-refractivity contribution >= 4 is 12.0 Å². The average molecular weight is 417 g/mol. The van der Waals surface area contributed by atoms with E-state index >= 15 is 0 Å². The first kappa shape index (κ1) is 24.5. The van der Waals surface area contributed by atoms with Gasteiger partial charge in [-0.1, -0.05) is 80.9 Å². The van der Waals surface area contributed by atoms with E-state index in [2.05, 4.69) is 10.1 Å². The lowest BCUT2D eigenvalue weighted by Crippen LogP contribution is -2.50. The quantitative estimate of drug-likeness (QED) is 0.503. The Morgan fingerprint density at radius 2 is 1.73 bits per heavy atom. The summed E-state index contributed by atoms with van der Waals surface area (Å²) in [5.74, 6) is 0.106. The Bertz CT molecular complexity index is 620. The van der Waals surface area contributed by atoms with Crippen LogP contribution in [0.25, 0.3) is 0 Å². The first-order chi connectivity index (χ1) is 14.6. The van der Waals surface area contributed by atoms with Crippen LogP contribution in [-0.2, 0) is 16.2 Å². The number of ketones is 1. The summed E-state index contributed by atoms with van der Waals surface area (Å²) < 4.78 is 0. The number of benzene rings is 1. The highest BCUT2D eigenvalue weighted by Gasteiger charge is 2.33. The van der Waals surface area contributed by atoms with E-state index in [0.717, 1.165) is 31.4 Å². The van der Waals surface area contributed by atoms with Crippen molar-refractivity contribution in [2.24, 2.45) is 11.1 Å². The standard InChI is InChI=1S/C25H40N2O3/c1-21(17-18-26-30-20-22-14-10-9-11-15-22)25(29)24-23(28)16-12-7-5-3-4-6-8-13-19-27(24)2/h9-11,14-15,18,21,24-25,29H,3-8,12-13,16-17,19-20H2,1-2H3/b26-18+. The minimum atomic E-state index is -0.701. The van der Waals surface area contributed by atoms with Crippen molar-refractivity contribution in [3.8, 4) is 0 Å². The highest BCUT2D eigenvalue weighted by molar-refractivity contribution is 5.84. The van der Waals surface area contributed by atoms with E-state index in [0.29, 0.717) is 19.4 Å². The van der Waals surface area contributed by atoms with E-state index < -0.39 is 12.1 Å². The number of aliphatic hydroxyl groups excluding tert-OH is 1. The van der Waals surface area contributed by atoms with Gasteiger partial charge in [0.1, 0.15) is 6.61 Å². The van der Waals surface area contributed by atoms with Crippen molar-refractivity contribution in [3.63, 3.8) is 0 Å². The van der Waals surface area contributed by atoms with Gasteiger partial charge in [-0.15, -0.1) is 0 Å². The zero-order chi connectivity index (χ0) is 21.6. The molecule has 3 unspecified atom stereocenters. The summed E-state index contributed by atoms with van der Waals surface area (Å²) in [6.07, 6.45) is 11.5. The highest BCUT2D eigenvalue weighted by Crippen LogP contribution is 2.20. The Morgan fingerprint density at radius 1 is 1.10 bits per heavy atom. The van der Waals surface area contributed by atoms with Crippen molar-refractivity contribution in [2.45, 2.75) is 89.9 Å². The van der Waals surface area contributed by atoms with Crippen LogP contribution in [0.4, 0.5) is 0 Å². The molecule has 3 atom stereocenters. The molecule has 0 spiro atoms. The summed E-state index contributed by atoms with van der Waals surface area (Å²) in [6.45, 7) is 3.27. The first-order valence-electron chi connectivity index (χ1n) is 11.7. The molecule has 0 amide bonds. The molecule has 1 aromatic carbocycles. The van der Waals surface area contributed by atoms with E-state index in [1.54, 1.807) is 6.21 Å². The van der Waals surface area contributed by atoms with Gasteiger partial charge in [0.15, 0.2) is 5.78 Å². The normalized spacial score (nSPS) is 22.6. The van der Waals surface area contributed by atoms with Gasteiger partial charge in [0.2, 0.25) is 0 Å². The Labute approximate surface area is 182 Å². The van der Waals surface area contributed by atoms with Gasteiger partial charge in [-0.2, -0.15) is 0 Å². The van der Waals surface area contributed by atoms with Crippen LogP contribution < -0.4 is 0 Å². The van der Waals surface area contributed by atoms with E-state index in [-0.39, 0.29) is 11.7 Å². The Balaban J connectivity index is 1.87. The third kappa shape index (κ3) is 8.97. The summed E-state index contributed by atoms with van der Waals surface area (Å²) in [4.78, 5) is 20.4. The van der Waals surface area contributed by atoms with Gasteiger partial charge in [0.05, 0.1) is 12.1 Å². The molecule has 5 heteroatoms. The fourth-order valence-electron chi connectivity index (χ4n) is 4.10. The molecule has 0 bridgehead atoms. The van der Waals surface area contributed by atoms with Gasteiger partial charge in [0, 0.05) is 12.6 Å². The second kappa shape index (κ2) is 14.3. The molecule has 2 rings (SSSR count). The summed E-state index contributed by atoms with van der Waals surface area (Å²) in [7, 11) is 1.98. The number of oxime groups is 1. The third-order valence-corrected chi connectivity index (χ3v) is 6.10. The van der Waals surface area contributed by atoms with Gasteiger partial charge in [-0.3, -0.25) is 9.69 Å². The summed E-state index contributed by atoms with van der Waals surface area (Å²) >= 11 is 0. The van der Waals surface area contributed by atoms with E-state index in [1.807, 2.05) is 44.3 Å². The zero-order valence-corrected chi connectivity index (χ0v) is 18.8. The maximum atomic E-state index is 12.9. The molecule has 0 saturated carbocycles. The number of carbonyl (C=O) groups excluding carboxylic acids is 1. The SMILES string of the molecule is CC(C/C=N/OCc1ccccc1)C(O)C1C(=O)CCCCCCCCCCN1C. The predicted molar refractivity (Wildman–Crippen MR) is 122 cm³/mol. The molecule has 168 valence electrons. The van der Waals surface area contributed by atoms with Gasteiger partial charge in [-0.25, -0.2) is 0 Å². The molecule has 5 nitrogen and oxygen atoms in total. The monoisotopic (exact) mass is 416 g/mol. The van der Waals surface area contributed by atoms with Gasteiger partial charge >= 0.3 is 0 Å². The number of rotatable bonds is 7. The fraction of sp³-hybridized carbons (Fsp3) is 0.680. The van der Waals surface area contributed by atoms with Crippen LogP contribution in [0.2, 0.25) is 0 Å². The lowest BCUT2D eigenvalue weighted by molar-refractivity contribution is -0.129. The second-order valence-corrected chi connectivity index (χ2v) is 8.72. The lowest BCUT2D eigenvalue weighted by Gasteiger charge is -2.33. The zero-order valence-electron chi connectivity index (χ0n) is 18.8. The van der Waals surface area contributed by atoms with Gasteiger partial charge < -0.3 is 9.94 Å². The number of hydrogen-bond donors (Lipinski definition) is 1. The highest BCUT2D eigenvalue weighted by atomic mass is 16.6. The van der Waals surface area contributed by atoms with Crippen molar-refractivity contribution in [3.05, 3.63) is 35.9 Å². The topological polar surface area (TPSA) is 62.1 Å². The minimum absolute atomic E-state index is 0.0684. The number of Topliss-reactive ketones (excluding diaryl/α,β-unsaturated/α-hetero) is 1. The average Bonchev–Trinajstić information content (AvgIpc) is 2.76. The Morgan fingerprint density at radius 3 is 2.43 bits per heavy atom. The van der Waals surface area contributed by atoms with Crippen LogP contribution in [0, 0.1) is 5.92 Å². The number of likely N-dealkylation sites (N-methyl/N-ethyl adjacent to an activating group) is 1. The lowest BCUT2D eigenvalue weighted by atomic mass is 9.90. The molecule has 30 heavy (non-hydrogen) atoms. The largest absolute Gasteiger partial charge is 0.391 e. The van der Waals surface area contributed by atoms with Crippen LogP contribution in [0.15, 0.2) is 35.5 Å². The molecule has 1 heterocycles. The summed E-state index contributed by atoms with van der Waals surface area (Å²) in [5, 5.41) is 15.0. The molecule has 0 aliphatic carbocycles. The third-order valence-electron chi connectivity index (χ3n) is 6.10. The second-order valence-electron chi connectivity index (χ2n) is 8.72. The molecule has 1 aromatic rings. The van der Waals surface area contributed by atoms with Crippen LogP contribution in [-0.4, -0.2) is 47.7 Å². The number of nitrogens with zero attached hydrogens (tertiary/aromatic N) is 2. The number of carbonyl (C=O) groups is 1. The fourth-order valence-corrected chi connectivity index (χ4v) is 4.10. The molecule has 1 fully saturated rings. The summed E-state index contributed by atoms with van der Waals surface area (Å²) in [5.41, 5.74) is 1.07. The van der Waals surface area contributed by atoms with Crippen molar-refractivity contribution in [2.75, 3.05) is 13.6 Å². The van der Waals surface area contributed by atoms with Crippen molar-refractivity contribution < 1.29 is 14.7 Å². The van der Waals surface area contributed by atoms with Gasteiger partial charge in [0.25, 0.3) is 0 Å². The smallest absolute Gasteiger partial charge is 0.152 e. The molecule has 1 N–H and O–H groups in total. The number of hydrogen-bond acceptors (Lipinski definition) is 5. The molecular weight excluding hydrogens is 376 g/mol. The predicted octanol–water partition coefficient (Wildman–Crippen LogP) is 4.97. The Hall–Kier alpha value is -1.72. The van der Waals surface area contributed by atoms with Crippen LogP contribution in [0.3, 0.4) is 0 Å². The van der Waals surface area contributed by atoms with Crippen molar-refractivity contribution in [1.82, 2.24) is 4.90 Å². The van der Waals surface area contributed by atoms with E-state index in [1.165, 1.54) is 32.1 Å². The van der Waals surface area contributed by atoms with E-state index in [4.69, 9.17) is 4.84 Å². The van der Waals surface area contributed by atoms with Gasteiger partial charge in [-0.05, 0) is 44.3 Å². The summed E-state index contributed by atoms with van der Waals surface area (Å²) in [6, 6.07) is 9.47. The van der Waals surface area contributed by atoms with Crippen LogP contribution >= 0.6 is 0 Å². The van der Waals surface area contributed by atoms with E-state index in [9.17, 15) is 9.90 Å². The molecular formula is C25H40N2O3. The molecule has 0 radical (unpaired) electrons. The molecule has 1 aliphatic rings. The minimum Gasteiger partial charge on any atom is -0.391 e. The maximum absolute atomic E-state index is 12.9. The Kier molecular flexibility index (Phi) is 11.7. The molecule has 1 aliphatic heterocycles. The van der Waals surface area contributed by atoms with Crippen LogP contribution in [0.1, 0.15) is 76.7 Å². The maximum Gasteiger partial charge on any atom is 0.152 e.